The van der Waals surface area contributed by atoms with Crippen LogP contribution in [0.25, 0.3) is 16.9 Å². The van der Waals surface area contributed by atoms with E-state index in [0.717, 1.165) is 34.1 Å². The maximum atomic E-state index is 9.32. The highest BCUT2D eigenvalue weighted by atomic mass is 32.1. The van der Waals surface area contributed by atoms with Gasteiger partial charge in [0.25, 0.3) is 0 Å². The number of aromatic nitrogens is 6. The number of aliphatic hydroxyl groups is 1. The summed E-state index contributed by atoms with van der Waals surface area (Å²) in [6.07, 6.45) is 9.01. The van der Waals surface area contributed by atoms with Crippen molar-refractivity contribution < 1.29 is 5.11 Å². The molecule has 0 bridgehead atoms. The third-order valence-corrected chi connectivity index (χ3v) is 5.10. The van der Waals surface area contributed by atoms with Crippen molar-refractivity contribution in [3.63, 3.8) is 0 Å². The monoisotopic (exact) mass is 428 g/mol. The van der Waals surface area contributed by atoms with Gasteiger partial charge in [-0.15, -0.1) is 0 Å². The van der Waals surface area contributed by atoms with Crippen LogP contribution >= 0.6 is 11.5 Å². The van der Waals surface area contributed by atoms with Crippen LogP contribution in [-0.2, 0) is 6.54 Å². The van der Waals surface area contributed by atoms with Crippen LogP contribution < -0.4 is 10.6 Å². The van der Waals surface area contributed by atoms with E-state index in [1.165, 1.54) is 11.5 Å². The topological polar surface area (TPSA) is 116 Å². The molecule has 160 valence electrons. The van der Waals surface area contributed by atoms with Gasteiger partial charge in [0, 0.05) is 49.3 Å². The Kier molecular flexibility index (Phi) is 7.14. The van der Waals surface area contributed by atoms with E-state index in [4.69, 9.17) is 0 Å². The van der Waals surface area contributed by atoms with Crippen LogP contribution in [0.5, 0.6) is 0 Å². The first kappa shape index (κ1) is 21.9. The highest BCUT2D eigenvalue weighted by molar-refractivity contribution is 7.10. The summed E-state index contributed by atoms with van der Waals surface area (Å²) in [6.45, 7) is 9.54. The number of hydrogen-bond donors (Lipinski definition) is 4. The van der Waals surface area contributed by atoms with Crippen LogP contribution in [0.3, 0.4) is 0 Å². The van der Waals surface area contributed by atoms with Crippen molar-refractivity contribution >= 4 is 28.0 Å². The summed E-state index contributed by atoms with van der Waals surface area (Å²) in [5.41, 5.74) is 3.42. The highest BCUT2D eigenvalue weighted by Gasteiger charge is 2.16. The summed E-state index contributed by atoms with van der Waals surface area (Å²) < 4.78 is 6.44. The number of hydrogen-bond acceptors (Lipinski definition) is 8. The molecule has 0 amide bonds. The summed E-state index contributed by atoms with van der Waals surface area (Å²) >= 11 is 1.38. The van der Waals surface area contributed by atoms with Gasteiger partial charge in [-0.3, -0.25) is 9.50 Å². The molecule has 4 N–H and O–H groups in total. The first-order valence-electron chi connectivity index (χ1n) is 9.91. The Hall–Kier alpha value is -2.82. The molecule has 0 radical (unpaired) electrons. The molecule has 0 spiro atoms. The summed E-state index contributed by atoms with van der Waals surface area (Å²) in [7, 11) is 0. The number of aromatic amines is 1. The van der Waals surface area contributed by atoms with Gasteiger partial charge in [-0.05, 0) is 17.6 Å². The van der Waals surface area contributed by atoms with E-state index < -0.39 is 0 Å². The third kappa shape index (κ3) is 5.02. The van der Waals surface area contributed by atoms with Crippen LogP contribution in [-0.4, -0.2) is 47.2 Å². The minimum Gasteiger partial charge on any atom is -0.396 e. The zero-order valence-electron chi connectivity index (χ0n) is 17.7. The first-order valence-corrected chi connectivity index (χ1v) is 10.7. The van der Waals surface area contributed by atoms with Crippen molar-refractivity contribution in [1.29, 1.82) is 0 Å². The second kappa shape index (κ2) is 9.79. The van der Waals surface area contributed by atoms with Crippen molar-refractivity contribution in [2.75, 3.05) is 18.5 Å². The molecule has 0 atom stereocenters. The third-order valence-electron chi connectivity index (χ3n) is 4.36. The van der Waals surface area contributed by atoms with Crippen molar-refractivity contribution in [1.82, 2.24) is 34.3 Å². The second-order valence-electron chi connectivity index (χ2n) is 7.33. The summed E-state index contributed by atoms with van der Waals surface area (Å²) in [5.74, 6) is 0.668. The molecular weight excluding hydrogens is 400 g/mol. The van der Waals surface area contributed by atoms with Gasteiger partial charge in [-0.2, -0.15) is 9.47 Å². The SMILES string of the molecule is CC.CC(C)(CO)CNCc1cc(Nc2nccn3c(-c4cn[nH]c4)cnc23)sn1. The lowest BCUT2D eigenvalue weighted by Gasteiger charge is -2.21. The van der Waals surface area contributed by atoms with Gasteiger partial charge in [-0.25, -0.2) is 9.97 Å². The van der Waals surface area contributed by atoms with Crippen LogP contribution in [0, 0.1) is 5.41 Å². The number of anilines is 2. The fourth-order valence-corrected chi connectivity index (χ4v) is 3.43. The lowest BCUT2D eigenvalue weighted by atomic mass is 9.95. The van der Waals surface area contributed by atoms with E-state index >= 15 is 0 Å². The Balaban J connectivity index is 0.00000124. The molecule has 0 aliphatic heterocycles. The molecule has 0 aliphatic carbocycles. The van der Waals surface area contributed by atoms with E-state index in [-0.39, 0.29) is 12.0 Å². The average Bonchev–Trinajstić information content (AvgIpc) is 3.50. The fraction of sp³-hybridized carbons (Fsp3) is 0.400. The normalized spacial score (nSPS) is 11.4. The Morgan fingerprint density at radius 1 is 1.23 bits per heavy atom. The second-order valence-corrected chi connectivity index (χ2v) is 8.14. The molecule has 0 saturated heterocycles. The molecule has 0 saturated carbocycles. The standard InChI is InChI=1S/C18H22N8OS.C2H6/c1-18(2,11-27)10-19-8-13-5-15(28-25-13)24-16-17-21-9-14(12-6-22-23-7-12)26(17)4-3-20-16;1-2/h3-7,9,19,27H,8,10-11H2,1-2H3,(H,20,24)(H,22,23);1-2H3. The zero-order valence-corrected chi connectivity index (χ0v) is 18.5. The van der Waals surface area contributed by atoms with Crippen LogP contribution in [0.15, 0.2) is 37.1 Å². The first-order chi connectivity index (χ1) is 14.6. The smallest absolute Gasteiger partial charge is 0.180 e. The van der Waals surface area contributed by atoms with Crippen LogP contribution in [0.4, 0.5) is 10.8 Å². The number of nitrogens with zero attached hydrogens (tertiary/aromatic N) is 5. The Morgan fingerprint density at radius 2 is 2.07 bits per heavy atom. The molecule has 4 aromatic heterocycles. The van der Waals surface area contributed by atoms with Gasteiger partial charge < -0.3 is 15.7 Å². The summed E-state index contributed by atoms with van der Waals surface area (Å²) in [5, 5.41) is 23.7. The molecule has 10 heteroatoms. The van der Waals surface area contributed by atoms with Crippen molar-refractivity contribution in [2.45, 2.75) is 34.2 Å². The molecule has 9 nitrogen and oxygen atoms in total. The van der Waals surface area contributed by atoms with Crippen molar-refractivity contribution in [3.05, 3.63) is 42.7 Å². The summed E-state index contributed by atoms with van der Waals surface area (Å²) in [4.78, 5) is 8.94. The molecule has 0 aromatic carbocycles. The summed E-state index contributed by atoms with van der Waals surface area (Å²) in [6, 6.07) is 1.99. The van der Waals surface area contributed by atoms with Crippen molar-refractivity contribution in [3.8, 4) is 11.3 Å². The number of imidazole rings is 1. The number of nitrogens with one attached hydrogen (secondary N) is 3. The minimum atomic E-state index is -0.149. The van der Waals surface area contributed by atoms with Crippen molar-refractivity contribution in [2.24, 2.45) is 5.41 Å². The van der Waals surface area contributed by atoms with Gasteiger partial charge in [0.1, 0.15) is 5.00 Å². The molecule has 30 heavy (non-hydrogen) atoms. The molecule has 0 unspecified atom stereocenters. The maximum Gasteiger partial charge on any atom is 0.180 e. The van der Waals surface area contributed by atoms with E-state index in [1.807, 2.05) is 50.6 Å². The van der Waals surface area contributed by atoms with Gasteiger partial charge in [0.2, 0.25) is 0 Å². The van der Waals surface area contributed by atoms with E-state index in [0.29, 0.717) is 12.4 Å². The Labute approximate surface area is 179 Å². The zero-order chi connectivity index (χ0) is 21.6. The number of rotatable bonds is 8. The minimum absolute atomic E-state index is 0.144. The van der Waals surface area contributed by atoms with Gasteiger partial charge in [0.05, 0.1) is 23.8 Å². The number of aliphatic hydroxyl groups excluding tert-OH is 1. The van der Waals surface area contributed by atoms with Crippen LogP contribution in [0.2, 0.25) is 0 Å². The van der Waals surface area contributed by atoms with E-state index in [1.54, 1.807) is 18.6 Å². The predicted molar refractivity (Wildman–Crippen MR) is 120 cm³/mol. The average molecular weight is 429 g/mol. The van der Waals surface area contributed by atoms with E-state index in [9.17, 15) is 5.11 Å². The highest BCUT2D eigenvalue weighted by Crippen LogP contribution is 2.26. The predicted octanol–water partition coefficient (Wildman–Crippen LogP) is 3.45. The molecule has 4 aromatic rings. The largest absolute Gasteiger partial charge is 0.396 e. The molecule has 4 rings (SSSR count). The van der Waals surface area contributed by atoms with E-state index in [2.05, 4.69) is 35.2 Å². The molecule has 0 fully saturated rings. The van der Waals surface area contributed by atoms with Crippen LogP contribution in [0.1, 0.15) is 33.4 Å². The molecule has 4 heterocycles. The van der Waals surface area contributed by atoms with Gasteiger partial charge in [-0.1, -0.05) is 27.7 Å². The quantitative estimate of drug-likeness (QED) is 0.340. The number of H-pyrrole nitrogens is 1. The fourth-order valence-electron chi connectivity index (χ4n) is 2.77. The lowest BCUT2D eigenvalue weighted by Crippen LogP contribution is -2.31. The molecular formula is C20H28N8OS. The molecule has 0 aliphatic rings. The van der Waals surface area contributed by atoms with Gasteiger partial charge in [0.15, 0.2) is 11.5 Å². The number of fused-ring (bicyclic) bond motifs is 1. The van der Waals surface area contributed by atoms with Gasteiger partial charge >= 0.3 is 0 Å². The maximum absolute atomic E-state index is 9.32. The lowest BCUT2D eigenvalue weighted by molar-refractivity contribution is 0.156. The Morgan fingerprint density at radius 3 is 2.80 bits per heavy atom. The Bertz CT molecular complexity index is 1050.